The quantitative estimate of drug-likeness (QED) is 0.126. The molecule has 6 heterocycles. The Kier molecular flexibility index (Phi) is 9.42. The van der Waals surface area contributed by atoms with E-state index in [1.165, 1.54) is 13.3 Å². The summed E-state index contributed by atoms with van der Waals surface area (Å²) >= 11 is 14.2. The third-order valence-corrected chi connectivity index (χ3v) is 9.13. The minimum atomic E-state index is -0.613. The topological polar surface area (TPSA) is 161 Å². The second kappa shape index (κ2) is 14.2. The van der Waals surface area contributed by atoms with Crippen molar-refractivity contribution in [2.75, 3.05) is 7.11 Å². The molecule has 8 rings (SSSR count). The Morgan fingerprint density at radius 1 is 0.745 bits per heavy atom. The molecular formula is C36H21Cl2IN10O2. The molecule has 0 saturated heterocycles. The van der Waals surface area contributed by atoms with Gasteiger partial charge in [-0.1, -0.05) is 35.3 Å². The lowest BCUT2D eigenvalue weighted by atomic mass is 10.1. The summed E-state index contributed by atoms with van der Waals surface area (Å²) in [6, 6.07) is 23.3. The van der Waals surface area contributed by atoms with E-state index in [0.717, 1.165) is 47.5 Å². The van der Waals surface area contributed by atoms with E-state index in [9.17, 15) is 15.3 Å². The first-order chi connectivity index (χ1) is 24.8. The van der Waals surface area contributed by atoms with Crippen molar-refractivity contribution in [3.63, 3.8) is 0 Å². The summed E-state index contributed by atoms with van der Waals surface area (Å²) in [5.74, 6) is -0.613. The van der Waals surface area contributed by atoms with Gasteiger partial charge in [-0.25, -0.2) is 14.8 Å². The number of nitrogens with zero attached hydrogens (tertiary/aromatic N) is 10. The molecule has 2 aromatic carbocycles. The summed E-state index contributed by atoms with van der Waals surface area (Å²) < 4.78 is 9.12. The van der Waals surface area contributed by atoms with E-state index < -0.39 is 5.97 Å². The molecule has 0 aliphatic rings. The highest BCUT2D eigenvalue weighted by molar-refractivity contribution is 14.1. The molecule has 0 atom stereocenters. The van der Waals surface area contributed by atoms with E-state index in [1.54, 1.807) is 29.3 Å². The number of rotatable bonds is 5. The number of aromatic nitrogens is 8. The molecule has 51 heavy (non-hydrogen) atoms. The van der Waals surface area contributed by atoms with E-state index in [0.29, 0.717) is 39.7 Å². The molecule has 0 fully saturated rings. The Morgan fingerprint density at radius 3 is 1.78 bits per heavy atom. The number of ether oxygens (including phenoxy) is 1. The lowest BCUT2D eigenvalue weighted by Gasteiger charge is -2.06. The molecule has 0 aliphatic heterocycles. The summed E-state index contributed by atoms with van der Waals surface area (Å²) in [6.07, 6.45) is 6.40. The maximum absolute atomic E-state index is 12.1. The van der Waals surface area contributed by atoms with E-state index >= 15 is 0 Å². The molecule has 0 N–H and O–H groups in total. The fourth-order valence-electron chi connectivity index (χ4n) is 5.71. The minimum Gasteiger partial charge on any atom is -0.464 e. The van der Waals surface area contributed by atoms with Gasteiger partial charge in [-0.05, 0) is 82.2 Å². The van der Waals surface area contributed by atoms with Crippen LogP contribution in [0, 0.1) is 26.4 Å². The molecule has 8 aromatic rings. The van der Waals surface area contributed by atoms with E-state index in [4.69, 9.17) is 27.9 Å². The van der Waals surface area contributed by atoms with Gasteiger partial charge < -0.3 is 4.74 Å². The van der Waals surface area contributed by atoms with Crippen molar-refractivity contribution in [1.29, 1.82) is 10.5 Å². The van der Waals surface area contributed by atoms with Crippen LogP contribution in [0.25, 0.3) is 43.6 Å². The van der Waals surface area contributed by atoms with Gasteiger partial charge in [0, 0.05) is 35.6 Å². The van der Waals surface area contributed by atoms with Crippen LogP contribution in [0.3, 0.4) is 0 Å². The van der Waals surface area contributed by atoms with Crippen molar-refractivity contribution in [3.05, 3.63) is 127 Å². The van der Waals surface area contributed by atoms with Gasteiger partial charge in [-0.3, -0.25) is 19.3 Å². The first kappa shape index (κ1) is 33.7. The Labute approximate surface area is 313 Å². The zero-order valence-corrected chi connectivity index (χ0v) is 30.1. The van der Waals surface area contributed by atoms with Crippen molar-refractivity contribution >= 4 is 95.4 Å². The largest absolute Gasteiger partial charge is 0.464 e. The maximum Gasteiger partial charge on any atom is 0.359 e. The van der Waals surface area contributed by atoms with Gasteiger partial charge in [0.2, 0.25) is 0 Å². The molecule has 0 radical (unpaired) electrons. The van der Waals surface area contributed by atoms with Crippen LogP contribution in [0.1, 0.15) is 33.0 Å². The molecule has 0 aliphatic carbocycles. The van der Waals surface area contributed by atoms with Crippen LogP contribution < -0.4 is 0 Å². The van der Waals surface area contributed by atoms with Gasteiger partial charge in [0.05, 0.1) is 63.1 Å². The van der Waals surface area contributed by atoms with Gasteiger partial charge in [-0.15, -0.1) is 0 Å². The van der Waals surface area contributed by atoms with Crippen LogP contribution in [0.15, 0.2) is 85.5 Å². The zero-order chi connectivity index (χ0) is 35.6. The molecule has 0 bridgehead atoms. The van der Waals surface area contributed by atoms with Crippen LogP contribution in [0.5, 0.6) is 0 Å². The second-order valence-corrected chi connectivity index (χ2v) is 13.0. The standard InChI is InChI=1S/C19H12ClN5O2.C17H9ClIN5/c1-27-19(26)18-17-15(8-21)22-5-4-16(17)25(24-18)10-11-2-3-14-12(6-11)7-13(20)9-23-14;18-12-6-11-5-10(1-2-13(11)22-8-12)9-24-15-3-4-21-14(7-20)16(15)17(19)23-24/h2-7,9H,10H2,1H3;1-6,8H,9H2. The number of esters is 1. The van der Waals surface area contributed by atoms with E-state index in [2.05, 4.69) is 64.9 Å². The van der Waals surface area contributed by atoms with Crippen molar-refractivity contribution in [2.24, 2.45) is 0 Å². The number of carbonyl (C=O) groups is 1. The van der Waals surface area contributed by atoms with E-state index in [1.807, 2.05) is 59.3 Å². The number of nitriles is 2. The van der Waals surface area contributed by atoms with Gasteiger partial charge in [-0.2, -0.15) is 20.7 Å². The monoisotopic (exact) mass is 822 g/mol. The first-order valence-electron chi connectivity index (χ1n) is 15.1. The van der Waals surface area contributed by atoms with Gasteiger partial charge >= 0.3 is 5.97 Å². The molecule has 0 amide bonds. The Bertz CT molecular complexity index is 2750. The smallest absolute Gasteiger partial charge is 0.359 e. The fourth-order valence-corrected chi connectivity index (χ4v) is 6.83. The van der Waals surface area contributed by atoms with Crippen LogP contribution in [0.4, 0.5) is 0 Å². The minimum absolute atomic E-state index is 0.0719. The maximum atomic E-state index is 12.1. The van der Waals surface area contributed by atoms with Gasteiger partial charge in [0.25, 0.3) is 0 Å². The Morgan fingerprint density at radius 2 is 1.25 bits per heavy atom. The third kappa shape index (κ3) is 6.74. The SMILES string of the molecule is COC(=O)c1nn(Cc2ccc3ncc(Cl)cc3c2)c2ccnc(C#N)c12.N#Cc1nccc2c1c(I)nn2Cc1ccc2ncc(Cl)cc2c1. The second-order valence-electron chi connectivity index (χ2n) is 11.1. The lowest BCUT2D eigenvalue weighted by molar-refractivity contribution is 0.0595. The number of hydrogen-bond donors (Lipinski definition) is 0. The van der Waals surface area contributed by atoms with Gasteiger partial charge in [0.1, 0.15) is 15.8 Å². The average Bonchev–Trinajstić information content (AvgIpc) is 3.67. The molecule has 12 nitrogen and oxygen atoms in total. The summed E-state index contributed by atoms with van der Waals surface area (Å²) in [4.78, 5) is 28.8. The number of fused-ring (bicyclic) bond motifs is 4. The van der Waals surface area contributed by atoms with Crippen molar-refractivity contribution in [1.82, 2.24) is 39.5 Å². The van der Waals surface area contributed by atoms with E-state index in [-0.39, 0.29) is 11.4 Å². The number of halogens is 3. The van der Waals surface area contributed by atoms with Crippen LogP contribution in [-0.2, 0) is 17.8 Å². The first-order valence-corrected chi connectivity index (χ1v) is 16.9. The number of carbonyl (C=O) groups excluding carboxylic acids is 1. The molecule has 0 saturated carbocycles. The molecule has 15 heteroatoms. The highest BCUT2D eigenvalue weighted by atomic mass is 127. The van der Waals surface area contributed by atoms with Gasteiger partial charge in [0.15, 0.2) is 17.1 Å². The average molecular weight is 823 g/mol. The van der Waals surface area contributed by atoms with Crippen molar-refractivity contribution in [2.45, 2.75) is 13.1 Å². The molecule has 0 spiro atoms. The molecule has 248 valence electrons. The highest BCUT2D eigenvalue weighted by Gasteiger charge is 2.22. The summed E-state index contributed by atoms with van der Waals surface area (Å²) in [5.41, 5.74) is 5.90. The molecular weight excluding hydrogens is 802 g/mol. The Hall–Kier alpha value is -5.74. The summed E-state index contributed by atoms with van der Waals surface area (Å²) in [6.45, 7) is 0.988. The summed E-state index contributed by atoms with van der Waals surface area (Å²) in [5, 5.41) is 31.8. The predicted octanol–water partition coefficient (Wildman–Crippen LogP) is 7.50. The molecule has 0 unspecified atom stereocenters. The van der Waals surface area contributed by atoms with Crippen LogP contribution in [0.2, 0.25) is 10.0 Å². The predicted molar refractivity (Wildman–Crippen MR) is 200 cm³/mol. The summed E-state index contributed by atoms with van der Waals surface area (Å²) in [7, 11) is 1.27. The highest BCUT2D eigenvalue weighted by Crippen LogP contribution is 2.26. The molecule has 6 aromatic heterocycles. The van der Waals surface area contributed by atoms with Crippen LogP contribution >= 0.6 is 45.8 Å². The fraction of sp³-hybridized carbons (Fsp3) is 0.0833. The normalized spacial score (nSPS) is 10.9. The number of pyridine rings is 4. The zero-order valence-electron chi connectivity index (χ0n) is 26.4. The number of hydrogen-bond acceptors (Lipinski definition) is 10. The Balaban J connectivity index is 0.000000160. The third-order valence-electron chi connectivity index (χ3n) is 7.97. The number of benzene rings is 2. The number of methoxy groups -OCH3 is 1. The van der Waals surface area contributed by atoms with Crippen LogP contribution in [-0.4, -0.2) is 52.6 Å². The lowest BCUT2D eigenvalue weighted by Crippen LogP contribution is -2.06. The van der Waals surface area contributed by atoms with Crippen molar-refractivity contribution in [3.8, 4) is 12.1 Å². The van der Waals surface area contributed by atoms with Crippen molar-refractivity contribution < 1.29 is 9.53 Å².